The van der Waals surface area contributed by atoms with Crippen molar-refractivity contribution < 1.29 is 0 Å². The Kier molecular flexibility index (Phi) is 9.28. The van der Waals surface area contributed by atoms with E-state index in [1.807, 2.05) is 11.8 Å². The first-order chi connectivity index (χ1) is 31.2. The number of anilines is 3. The second kappa shape index (κ2) is 15.7. The Morgan fingerprint density at radius 2 is 0.857 bits per heavy atom. The highest BCUT2D eigenvalue weighted by Gasteiger charge is 2.27. The van der Waals surface area contributed by atoms with Crippen LogP contribution in [0.1, 0.15) is 0 Å². The van der Waals surface area contributed by atoms with Gasteiger partial charge in [0.1, 0.15) is 5.01 Å². The summed E-state index contributed by atoms with van der Waals surface area (Å²) >= 11 is 3.28. The monoisotopic (exact) mass is 839 g/mol. The molecular weight excluding hydrogens is 803 g/mol. The topological polar surface area (TPSA) is 29.0 Å². The van der Waals surface area contributed by atoms with Gasteiger partial charge in [-0.1, -0.05) is 176 Å². The lowest BCUT2D eigenvalue weighted by Crippen LogP contribution is -2.15. The fraction of sp³-hybridized carbons (Fsp3) is 0. The number of hydrogen-bond acceptors (Lipinski definition) is 5. The Morgan fingerprint density at radius 1 is 0.349 bits per heavy atom. The smallest absolute Gasteiger partial charge is 0.174 e. The number of fused-ring (bicyclic) bond motifs is 5. The van der Waals surface area contributed by atoms with E-state index in [2.05, 4.69) is 229 Å². The molecular formula is C58H37N3S2. The van der Waals surface area contributed by atoms with E-state index in [9.17, 15) is 0 Å². The van der Waals surface area contributed by atoms with Gasteiger partial charge in [0.15, 0.2) is 5.82 Å². The SMILES string of the molecule is c1ccc(-c2cccc(-c3ccc4c(c3)N(c3ccc(-c5nc(-c6cccc7c6ccc6ccccc67)ns5)cc3)c3cc(-c5cccc(-c6ccccc6)c5)ccc3S4)c2)cc1. The van der Waals surface area contributed by atoms with Crippen molar-refractivity contribution in [2.75, 3.05) is 4.90 Å². The number of aromatic nitrogens is 2. The normalized spacial score (nSPS) is 12.0. The van der Waals surface area contributed by atoms with Crippen LogP contribution in [0.25, 0.3) is 88.0 Å². The average molecular weight is 840 g/mol. The molecule has 0 aliphatic carbocycles. The minimum Gasteiger partial charge on any atom is -0.308 e. The molecule has 2 heterocycles. The van der Waals surface area contributed by atoms with Crippen LogP contribution >= 0.6 is 23.3 Å². The van der Waals surface area contributed by atoms with Crippen LogP contribution in [0.15, 0.2) is 234 Å². The molecule has 0 N–H and O–H groups in total. The third-order valence-corrected chi connectivity index (χ3v) is 13.9. The summed E-state index contributed by atoms with van der Waals surface area (Å²) < 4.78 is 4.91. The predicted molar refractivity (Wildman–Crippen MR) is 266 cm³/mol. The van der Waals surface area contributed by atoms with Crippen LogP contribution < -0.4 is 4.90 Å². The van der Waals surface area contributed by atoms with Crippen molar-refractivity contribution in [1.29, 1.82) is 0 Å². The Bertz CT molecular complexity index is 3350. The minimum absolute atomic E-state index is 0.753. The van der Waals surface area contributed by atoms with Gasteiger partial charge in [-0.3, -0.25) is 0 Å². The summed E-state index contributed by atoms with van der Waals surface area (Å²) in [5, 5.41) is 5.74. The van der Waals surface area contributed by atoms with E-state index < -0.39 is 0 Å². The molecule has 0 spiro atoms. The maximum absolute atomic E-state index is 5.13. The van der Waals surface area contributed by atoms with E-state index in [1.165, 1.54) is 82.0 Å². The molecule has 1 aliphatic heterocycles. The quantitative estimate of drug-likeness (QED) is 0.150. The fourth-order valence-electron chi connectivity index (χ4n) is 8.90. The average Bonchev–Trinajstić information content (AvgIpc) is 3.86. The van der Waals surface area contributed by atoms with Crippen LogP contribution in [0.5, 0.6) is 0 Å². The van der Waals surface area contributed by atoms with Crippen LogP contribution in [0.2, 0.25) is 0 Å². The summed E-state index contributed by atoms with van der Waals surface area (Å²) in [6, 6.07) is 81.0. The second-order valence-corrected chi connectivity index (χ2v) is 17.7. The highest BCUT2D eigenvalue weighted by Crippen LogP contribution is 2.53. The number of benzene rings is 10. The standard InChI is InChI=1S/C58H37N3S2/c1-3-12-38(13-4-1)42-17-9-19-44(34-42)46-27-32-55-53(36-46)61(54-37-47(28-33-56(54)62-55)45-20-10-18-43(35-45)39-14-5-2-6-15-39)48-29-24-41(25-30-48)58-59-57(60-63-58)52-23-11-22-50-49-21-8-7-16-40(49)26-31-51(50)52/h1-37H. The van der Waals surface area contributed by atoms with Gasteiger partial charge < -0.3 is 4.90 Å². The summed E-state index contributed by atoms with van der Waals surface area (Å²) in [7, 11) is 0. The van der Waals surface area contributed by atoms with Gasteiger partial charge in [-0.2, -0.15) is 4.37 Å². The first kappa shape index (κ1) is 37.2. The summed E-state index contributed by atoms with van der Waals surface area (Å²) in [4.78, 5) is 10.00. The summed E-state index contributed by atoms with van der Waals surface area (Å²) in [5.74, 6) is 0.753. The first-order valence-electron chi connectivity index (χ1n) is 21.1. The molecule has 10 aromatic carbocycles. The van der Waals surface area contributed by atoms with Crippen molar-refractivity contribution in [2.45, 2.75) is 9.79 Å². The third kappa shape index (κ3) is 6.88. The van der Waals surface area contributed by atoms with E-state index >= 15 is 0 Å². The van der Waals surface area contributed by atoms with Crippen LogP contribution in [0.4, 0.5) is 17.1 Å². The van der Waals surface area contributed by atoms with Crippen molar-refractivity contribution in [2.24, 2.45) is 0 Å². The van der Waals surface area contributed by atoms with Crippen LogP contribution in [-0.4, -0.2) is 9.36 Å². The van der Waals surface area contributed by atoms with Gasteiger partial charge in [0, 0.05) is 26.6 Å². The van der Waals surface area contributed by atoms with E-state index in [4.69, 9.17) is 9.36 Å². The molecule has 5 heteroatoms. The van der Waals surface area contributed by atoms with E-state index in [-0.39, 0.29) is 0 Å². The molecule has 1 aliphatic rings. The highest BCUT2D eigenvalue weighted by molar-refractivity contribution is 7.99. The molecule has 12 rings (SSSR count). The molecule has 0 amide bonds. The summed E-state index contributed by atoms with van der Waals surface area (Å²) in [5.41, 5.74) is 15.0. The molecule has 0 saturated heterocycles. The van der Waals surface area contributed by atoms with E-state index in [0.29, 0.717) is 0 Å². The number of nitrogens with zero attached hydrogens (tertiary/aromatic N) is 3. The molecule has 0 unspecified atom stereocenters. The van der Waals surface area contributed by atoms with Gasteiger partial charge >= 0.3 is 0 Å². The molecule has 0 fully saturated rings. The molecule has 0 radical (unpaired) electrons. The molecule has 296 valence electrons. The Labute approximate surface area is 374 Å². The summed E-state index contributed by atoms with van der Waals surface area (Å²) in [6.07, 6.45) is 0. The van der Waals surface area contributed by atoms with Crippen LogP contribution in [0, 0.1) is 0 Å². The van der Waals surface area contributed by atoms with Gasteiger partial charge in [-0.25, -0.2) is 4.98 Å². The Balaban J connectivity index is 0.944. The van der Waals surface area contributed by atoms with Crippen molar-refractivity contribution in [1.82, 2.24) is 9.36 Å². The van der Waals surface area contributed by atoms with Gasteiger partial charge in [0.2, 0.25) is 0 Å². The lowest BCUT2D eigenvalue weighted by molar-refractivity contribution is 1.17. The highest BCUT2D eigenvalue weighted by atomic mass is 32.2. The van der Waals surface area contributed by atoms with Gasteiger partial charge in [0.25, 0.3) is 0 Å². The third-order valence-electron chi connectivity index (χ3n) is 12.1. The molecule has 0 bridgehead atoms. The van der Waals surface area contributed by atoms with Crippen molar-refractivity contribution in [3.63, 3.8) is 0 Å². The molecule has 63 heavy (non-hydrogen) atoms. The van der Waals surface area contributed by atoms with Gasteiger partial charge in [-0.15, -0.1) is 0 Å². The fourth-order valence-corrected chi connectivity index (χ4v) is 10.6. The number of hydrogen-bond donors (Lipinski definition) is 0. The predicted octanol–water partition coefficient (Wildman–Crippen LogP) is 16.8. The van der Waals surface area contributed by atoms with Crippen molar-refractivity contribution in [3.05, 3.63) is 224 Å². The molecule has 0 saturated carbocycles. The second-order valence-electron chi connectivity index (χ2n) is 15.9. The van der Waals surface area contributed by atoms with E-state index in [0.717, 1.165) is 44.4 Å². The van der Waals surface area contributed by atoms with Crippen LogP contribution in [0.3, 0.4) is 0 Å². The van der Waals surface area contributed by atoms with Gasteiger partial charge in [-0.05, 0) is 138 Å². The summed E-state index contributed by atoms with van der Waals surface area (Å²) in [6.45, 7) is 0. The molecule has 0 atom stereocenters. The minimum atomic E-state index is 0.753. The maximum Gasteiger partial charge on any atom is 0.174 e. The Morgan fingerprint density at radius 3 is 1.49 bits per heavy atom. The largest absolute Gasteiger partial charge is 0.308 e. The zero-order valence-electron chi connectivity index (χ0n) is 34.0. The first-order valence-corrected chi connectivity index (χ1v) is 22.7. The molecule has 11 aromatic rings. The van der Waals surface area contributed by atoms with Crippen LogP contribution in [-0.2, 0) is 0 Å². The van der Waals surface area contributed by atoms with Crippen molar-refractivity contribution >= 4 is 61.9 Å². The van der Waals surface area contributed by atoms with Gasteiger partial charge in [0.05, 0.1) is 11.4 Å². The lowest BCUT2D eigenvalue weighted by Gasteiger charge is -2.34. The Hall–Kier alpha value is -7.57. The van der Waals surface area contributed by atoms with Crippen molar-refractivity contribution in [3.8, 4) is 66.5 Å². The zero-order chi connectivity index (χ0) is 41.7. The lowest BCUT2D eigenvalue weighted by atomic mass is 9.97. The molecule has 1 aromatic heterocycles. The van der Waals surface area contributed by atoms with E-state index in [1.54, 1.807) is 0 Å². The zero-order valence-corrected chi connectivity index (χ0v) is 35.7. The maximum atomic E-state index is 5.13. The molecule has 3 nitrogen and oxygen atoms in total. The number of rotatable bonds is 7.